The van der Waals surface area contributed by atoms with E-state index in [1.165, 1.54) is 6.07 Å². The summed E-state index contributed by atoms with van der Waals surface area (Å²) in [6.45, 7) is 2.91. The third kappa shape index (κ3) is 4.26. The quantitative estimate of drug-likeness (QED) is 0.896. The van der Waals surface area contributed by atoms with Crippen LogP contribution in [0.4, 0.5) is 4.39 Å². The van der Waals surface area contributed by atoms with Crippen molar-refractivity contribution >= 4 is 12.4 Å². The van der Waals surface area contributed by atoms with Gasteiger partial charge in [-0.1, -0.05) is 18.2 Å². The topological polar surface area (TPSA) is 15.3 Å². The van der Waals surface area contributed by atoms with Crippen LogP contribution < -0.4 is 5.32 Å². The van der Waals surface area contributed by atoms with E-state index in [-0.39, 0.29) is 18.2 Å². The molecule has 0 atom stereocenters. The summed E-state index contributed by atoms with van der Waals surface area (Å²) in [6.07, 6.45) is 2.32. The standard InChI is InChI=1S/C13H19FN2.ClH/c1-16-8-6-12(7-9-16)15-10-11-4-2-3-5-13(11)14;/h2-5,12,15H,6-10H2,1H3;1H. The van der Waals surface area contributed by atoms with Gasteiger partial charge in [-0.05, 0) is 39.0 Å². The minimum atomic E-state index is -0.108. The lowest BCUT2D eigenvalue weighted by Crippen LogP contribution is -2.40. The first-order valence-electron chi connectivity index (χ1n) is 5.91. The molecule has 0 saturated carbocycles. The molecule has 96 valence electrons. The predicted octanol–water partition coefficient (Wildman–Crippen LogP) is 2.43. The van der Waals surface area contributed by atoms with E-state index >= 15 is 0 Å². The van der Waals surface area contributed by atoms with Gasteiger partial charge in [-0.15, -0.1) is 12.4 Å². The first kappa shape index (κ1) is 14.4. The molecular weight excluding hydrogens is 239 g/mol. The van der Waals surface area contributed by atoms with Crippen molar-refractivity contribution in [1.29, 1.82) is 0 Å². The number of halogens is 2. The molecule has 1 aromatic rings. The average molecular weight is 259 g/mol. The molecule has 17 heavy (non-hydrogen) atoms. The van der Waals surface area contributed by atoms with Crippen LogP contribution in [-0.2, 0) is 6.54 Å². The van der Waals surface area contributed by atoms with E-state index in [1.807, 2.05) is 12.1 Å². The van der Waals surface area contributed by atoms with Crippen LogP contribution in [0.1, 0.15) is 18.4 Å². The monoisotopic (exact) mass is 258 g/mol. The molecule has 0 spiro atoms. The Morgan fingerprint density at radius 2 is 1.94 bits per heavy atom. The molecule has 1 aliphatic rings. The molecule has 1 heterocycles. The smallest absolute Gasteiger partial charge is 0.127 e. The molecule has 1 N–H and O–H groups in total. The molecule has 0 aromatic heterocycles. The molecule has 0 bridgehead atoms. The van der Waals surface area contributed by atoms with Crippen molar-refractivity contribution < 1.29 is 4.39 Å². The molecule has 1 aromatic carbocycles. The highest BCUT2D eigenvalue weighted by molar-refractivity contribution is 5.85. The van der Waals surface area contributed by atoms with Crippen LogP contribution in [0.15, 0.2) is 24.3 Å². The molecule has 4 heteroatoms. The van der Waals surface area contributed by atoms with Crippen molar-refractivity contribution in [3.8, 4) is 0 Å². The van der Waals surface area contributed by atoms with Crippen molar-refractivity contribution in [3.05, 3.63) is 35.6 Å². The van der Waals surface area contributed by atoms with Gasteiger partial charge in [0.2, 0.25) is 0 Å². The fourth-order valence-electron chi connectivity index (χ4n) is 2.11. The highest BCUT2D eigenvalue weighted by Gasteiger charge is 2.16. The highest BCUT2D eigenvalue weighted by atomic mass is 35.5. The molecule has 2 rings (SSSR count). The number of nitrogens with zero attached hydrogens (tertiary/aromatic N) is 1. The zero-order valence-electron chi connectivity index (χ0n) is 10.2. The first-order chi connectivity index (χ1) is 7.75. The predicted molar refractivity (Wildman–Crippen MR) is 71.0 cm³/mol. The number of hydrogen-bond donors (Lipinski definition) is 1. The molecule has 1 fully saturated rings. The minimum Gasteiger partial charge on any atom is -0.310 e. The molecule has 1 saturated heterocycles. The molecule has 0 amide bonds. The normalized spacial score (nSPS) is 17.8. The van der Waals surface area contributed by atoms with Gasteiger partial charge in [0.05, 0.1) is 0 Å². The van der Waals surface area contributed by atoms with Gasteiger partial charge in [0, 0.05) is 18.2 Å². The lowest BCUT2D eigenvalue weighted by molar-refractivity contribution is 0.233. The van der Waals surface area contributed by atoms with Crippen LogP contribution >= 0.6 is 12.4 Å². The fourth-order valence-corrected chi connectivity index (χ4v) is 2.11. The summed E-state index contributed by atoms with van der Waals surface area (Å²) >= 11 is 0. The summed E-state index contributed by atoms with van der Waals surface area (Å²) in [7, 11) is 2.15. The fraction of sp³-hybridized carbons (Fsp3) is 0.538. The Morgan fingerprint density at radius 1 is 1.29 bits per heavy atom. The van der Waals surface area contributed by atoms with Crippen molar-refractivity contribution in [2.45, 2.75) is 25.4 Å². The molecular formula is C13H20ClFN2. The molecule has 0 unspecified atom stereocenters. The maximum Gasteiger partial charge on any atom is 0.127 e. The lowest BCUT2D eigenvalue weighted by Gasteiger charge is -2.29. The van der Waals surface area contributed by atoms with E-state index < -0.39 is 0 Å². The summed E-state index contributed by atoms with van der Waals surface area (Å²) in [6, 6.07) is 7.52. The Bertz CT molecular complexity index is 338. The maximum absolute atomic E-state index is 13.4. The zero-order valence-corrected chi connectivity index (χ0v) is 11.0. The van der Waals surface area contributed by atoms with E-state index in [1.54, 1.807) is 6.07 Å². The number of nitrogens with one attached hydrogen (secondary N) is 1. The Balaban J connectivity index is 0.00000144. The van der Waals surface area contributed by atoms with Crippen LogP contribution in [0.5, 0.6) is 0 Å². The largest absolute Gasteiger partial charge is 0.310 e. The molecule has 2 nitrogen and oxygen atoms in total. The number of rotatable bonds is 3. The first-order valence-corrected chi connectivity index (χ1v) is 5.91. The maximum atomic E-state index is 13.4. The second-order valence-corrected chi connectivity index (χ2v) is 4.55. The highest BCUT2D eigenvalue weighted by Crippen LogP contribution is 2.11. The molecule has 1 aliphatic heterocycles. The third-order valence-corrected chi connectivity index (χ3v) is 3.26. The van der Waals surface area contributed by atoms with Gasteiger partial charge in [-0.25, -0.2) is 4.39 Å². The van der Waals surface area contributed by atoms with Gasteiger partial charge >= 0.3 is 0 Å². The van der Waals surface area contributed by atoms with E-state index in [9.17, 15) is 4.39 Å². The SMILES string of the molecule is CN1CCC(NCc2ccccc2F)CC1.Cl. The van der Waals surface area contributed by atoms with E-state index in [0.29, 0.717) is 12.6 Å². The van der Waals surface area contributed by atoms with Gasteiger partial charge in [0.25, 0.3) is 0 Å². The van der Waals surface area contributed by atoms with Crippen LogP contribution in [0.3, 0.4) is 0 Å². The van der Waals surface area contributed by atoms with Crippen LogP contribution in [0.2, 0.25) is 0 Å². The van der Waals surface area contributed by atoms with Crippen LogP contribution in [-0.4, -0.2) is 31.1 Å². The van der Waals surface area contributed by atoms with Crippen molar-refractivity contribution in [2.24, 2.45) is 0 Å². The zero-order chi connectivity index (χ0) is 11.4. The summed E-state index contributed by atoms with van der Waals surface area (Å²) in [5, 5.41) is 3.43. The Hall–Kier alpha value is -0.640. The number of benzene rings is 1. The minimum absolute atomic E-state index is 0. The summed E-state index contributed by atoms with van der Waals surface area (Å²) in [5.41, 5.74) is 0.765. The lowest BCUT2D eigenvalue weighted by atomic mass is 10.1. The summed E-state index contributed by atoms with van der Waals surface area (Å²) in [4.78, 5) is 2.33. The van der Waals surface area contributed by atoms with Gasteiger partial charge in [0.1, 0.15) is 5.82 Å². The number of hydrogen-bond acceptors (Lipinski definition) is 2. The van der Waals surface area contributed by atoms with Crippen LogP contribution in [0.25, 0.3) is 0 Å². The van der Waals surface area contributed by atoms with Gasteiger partial charge in [-0.2, -0.15) is 0 Å². The molecule has 0 aliphatic carbocycles. The van der Waals surface area contributed by atoms with Crippen LogP contribution in [0, 0.1) is 5.82 Å². The number of piperidine rings is 1. The van der Waals surface area contributed by atoms with Gasteiger partial charge in [0.15, 0.2) is 0 Å². The number of likely N-dealkylation sites (tertiary alicyclic amines) is 1. The van der Waals surface area contributed by atoms with E-state index in [4.69, 9.17) is 0 Å². The van der Waals surface area contributed by atoms with E-state index in [2.05, 4.69) is 17.3 Å². The molecule has 0 radical (unpaired) electrons. The van der Waals surface area contributed by atoms with Crippen molar-refractivity contribution in [3.63, 3.8) is 0 Å². The Labute approximate surface area is 109 Å². The Morgan fingerprint density at radius 3 is 2.59 bits per heavy atom. The third-order valence-electron chi connectivity index (χ3n) is 3.26. The average Bonchev–Trinajstić information content (AvgIpc) is 2.30. The second-order valence-electron chi connectivity index (χ2n) is 4.55. The van der Waals surface area contributed by atoms with Gasteiger partial charge in [-0.3, -0.25) is 0 Å². The van der Waals surface area contributed by atoms with Gasteiger partial charge < -0.3 is 10.2 Å². The van der Waals surface area contributed by atoms with Crippen molar-refractivity contribution in [2.75, 3.05) is 20.1 Å². The summed E-state index contributed by atoms with van der Waals surface area (Å²) in [5.74, 6) is -0.108. The van der Waals surface area contributed by atoms with E-state index in [0.717, 1.165) is 31.5 Å². The van der Waals surface area contributed by atoms with Crippen molar-refractivity contribution in [1.82, 2.24) is 10.2 Å². The Kier molecular flexibility index (Phi) is 5.89. The second kappa shape index (κ2) is 6.94. The summed E-state index contributed by atoms with van der Waals surface area (Å²) < 4.78 is 13.4.